The van der Waals surface area contributed by atoms with Gasteiger partial charge in [-0.1, -0.05) is 59.8 Å². The lowest BCUT2D eigenvalue weighted by atomic mass is 10.1. The third-order valence-electron chi connectivity index (χ3n) is 3.06. The molecule has 0 heterocycles. The van der Waals surface area contributed by atoms with Gasteiger partial charge in [-0.3, -0.25) is 0 Å². The second kappa shape index (κ2) is 7.28. The molecule has 0 aliphatic heterocycles. The maximum absolute atomic E-state index is 13.1. The highest BCUT2D eigenvalue weighted by Gasteiger charge is 2.34. The van der Waals surface area contributed by atoms with Gasteiger partial charge in [0.25, 0.3) is 0 Å². The van der Waals surface area contributed by atoms with Gasteiger partial charge in [0.2, 0.25) is 0 Å². The monoisotopic (exact) mass is 354 g/mol. The number of rotatable bonds is 4. The zero-order valence-corrected chi connectivity index (χ0v) is 13.9. The van der Waals surface area contributed by atoms with Gasteiger partial charge in [-0.25, -0.2) is 0 Å². The highest BCUT2D eigenvalue weighted by atomic mass is 35.5. The molecule has 0 bridgehead atoms. The molecular formula is C18H14ClF3S. The van der Waals surface area contributed by atoms with E-state index in [1.807, 2.05) is 19.1 Å². The first-order chi connectivity index (χ1) is 10.8. The van der Waals surface area contributed by atoms with Gasteiger partial charge in [-0.15, -0.1) is 0 Å². The zero-order valence-electron chi connectivity index (χ0n) is 12.3. The van der Waals surface area contributed by atoms with Crippen LogP contribution in [0.3, 0.4) is 0 Å². The lowest BCUT2D eigenvalue weighted by Crippen LogP contribution is -2.11. The Kier molecular flexibility index (Phi) is 5.60. The molecule has 0 saturated heterocycles. The number of aryl methyl sites for hydroxylation is 1. The van der Waals surface area contributed by atoms with Crippen LogP contribution in [-0.4, -0.2) is 6.18 Å². The summed E-state index contributed by atoms with van der Waals surface area (Å²) in [7, 11) is 0. The minimum Gasteiger partial charge on any atom is -0.166 e. The molecule has 5 heteroatoms. The molecule has 2 aromatic carbocycles. The normalized spacial score (nSPS) is 12.3. The van der Waals surface area contributed by atoms with E-state index in [0.29, 0.717) is 10.6 Å². The number of hydrogen-bond donors (Lipinski definition) is 0. The molecule has 0 fully saturated rings. The second-order valence-corrected chi connectivity index (χ2v) is 6.50. The maximum Gasteiger partial charge on any atom is 0.416 e. The summed E-state index contributed by atoms with van der Waals surface area (Å²) in [6.07, 6.45) is -3.01. The van der Waals surface area contributed by atoms with Gasteiger partial charge in [0.15, 0.2) is 0 Å². The number of halogens is 4. The Morgan fingerprint density at radius 3 is 2.13 bits per heavy atom. The summed E-state index contributed by atoms with van der Waals surface area (Å²) < 4.78 is 39.2. The van der Waals surface area contributed by atoms with Gasteiger partial charge in [-0.05, 0) is 42.8 Å². The van der Waals surface area contributed by atoms with Gasteiger partial charge < -0.3 is 0 Å². The molecule has 2 aromatic rings. The van der Waals surface area contributed by atoms with Crippen LogP contribution in [0.1, 0.15) is 11.1 Å². The highest BCUT2D eigenvalue weighted by molar-refractivity contribution is 8.03. The van der Waals surface area contributed by atoms with Crippen LogP contribution in [0, 0.1) is 6.92 Å². The van der Waals surface area contributed by atoms with Crippen molar-refractivity contribution in [2.24, 2.45) is 0 Å². The van der Waals surface area contributed by atoms with E-state index in [-0.39, 0.29) is 4.91 Å². The van der Waals surface area contributed by atoms with Crippen LogP contribution in [0.2, 0.25) is 5.02 Å². The van der Waals surface area contributed by atoms with E-state index in [1.54, 1.807) is 36.4 Å². The Balaban J connectivity index is 2.37. The summed E-state index contributed by atoms with van der Waals surface area (Å²) in [6, 6.07) is 13.9. The minimum atomic E-state index is -4.48. The molecule has 2 rings (SSSR count). The SMILES string of the molecule is C=C(/C(=C\c1ccc(Cl)cc1)Sc1ccc(C)cc1)C(F)(F)F. The number of allylic oxidation sites excluding steroid dienone is 1. The third kappa shape index (κ3) is 5.19. The quantitative estimate of drug-likeness (QED) is 0.425. The molecule has 0 aliphatic carbocycles. The second-order valence-electron chi connectivity index (χ2n) is 4.95. The number of thioether (sulfide) groups is 1. The molecule has 0 saturated carbocycles. The third-order valence-corrected chi connectivity index (χ3v) is 4.40. The van der Waals surface area contributed by atoms with E-state index in [9.17, 15) is 13.2 Å². The first-order valence-electron chi connectivity index (χ1n) is 6.74. The predicted molar refractivity (Wildman–Crippen MR) is 91.7 cm³/mol. The molecule has 0 N–H and O–H groups in total. The van der Waals surface area contributed by atoms with Gasteiger partial charge in [0, 0.05) is 14.8 Å². The van der Waals surface area contributed by atoms with Gasteiger partial charge in [-0.2, -0.15) is 13.2 Å². The van der Waals surface area contributed by atoms with Crippen LogP contribution < -0.4 is 0 Å². The van der Waals surface area contributed by atoms with Crippen molar-refractivity contribution in [3.8, 4) is 0 Å². The van der Waals surface area contributed by atoms with E-state index in [0.717, 1.165) is 22.2 Å². The van der Waals surface area contributed by atoms with Crippen LogP contribution >= 0.6 is 23.4 Å². The molecule has 0 amide bonds. The summed E-state index contributed by atoms with van der Waals surface area (Å²) in [5.41, 5.74) is 0.819. The van der Waals surface area contributed by atoms with Crippen molar-refractivity contribution < 1.29 is 13.2 Å². The first kappa shape index (κ1) is 17.7. The minimum absolute atomic E-state index is 0.0590. The number of alkyl halides is 3. The Morgan fingerprint density at radius 1 is 1.04 bits per heavy atom. The molecule has 0 nitrogen and oxygen atoms in total. The molecule has 120 valence electrons. The fourth-order valence-corrected chi connectivity index (χ4v) is 2.85. The summed E-state index contributed by atoms with van der Waals surface area (Å²) >= 11 is 6.84. The Bertz CT molecular complexity index is 713. The summed E-state index contributed by atoms with van der Waals surface area (Å²) in [6.45, 7) is 5.14. The molecule has 0 radical (unpaired) electrons. The van der Waals surface area contributed by atoms with Crippen molar-refractivity contribution in [3.05, 3.63) is 81.7 Å². The lowest BCUT2D eigenvalue weighted by molar-refractivity contribution is -0.0880. The van der Waals surface area contributed by atoms with Crippen molar-refractivity contribution >= 4 is 29.4 Å². The summed E-state index contributed by atoms with van der Waals surface area (Å²) in [5, 5.41) is 0.532. The van der Waals surface area contributed by atoms with Crippen molar-refractivity contribution in [2.45, 2.75) is 18.0 Å². The van der Waals surface area contributed by atoms with Crippen LogP contribution in [0.5, 0.6) is 0 Å². The Hall–Kier alpha value is -1.65. The maximum atomic E-state index is 13.1. The van der Waals surface area contributed by atoms with Crippen LogP contribution in [0.15, 0.2) is 70.5 Å². The lowest BCUT2D eigenvalue weighted by Gasteiger charge is -2.14. The molecule has 0 unspecified atom stereocenters. The average Bonchev–Trinajstić information content (AvgIpc) is 2.49. The van der Waals surface area contributed by atoms with Crippen molar-refractivity contribution in [1.82, 2.24) is 0 Å². The smallest absolute Gasteiger partial charge is 0.166 e. The zero-order chi connectivity index (χ0) is 17.0. The average molecular weight is 355 g/mol. The van der Waals surface area contributed by atoms with E-state index < -0.39 is 11.7 Å². The molecule has 0 spiro atoms. The van der Waals surface area contributed by atoms with Crippen molar-refractivity contribution in [2.75, 3.05) is 0 Å². The highest BCUT2D eigenvalue weighted by Crippen LogP contribution is 2.40. The largest absolute Gasteiger partial charge is 0.416 e. The first-order valence-corrected chi connectivity index (χ1v) is 7.93. The molecule has 23 heavy (non-hydrogen) atoms. The Labute approximate surface area is 142 Å². The van der Waals surface area contributed by atoms with Crippen LogP contribution in [0.4, 0.5) is 13.2 Å². The standard InChI is InChI=1S/C18H14ClF3S/c1-12-3-9-16(10-4-12)23-17(13(2)18(20,21)22)11-14-5-7-15(19)8-6-14/h3-11H,2H2,1H3/b17-11+. The van der Waals surface area contributed by atoms with Crippen LogP contribution in [-0.2, 0) is 0 Å². The van der Waals surface area contributed by atoms with Gasteiger partial charge in [0.1, 0.15) is 0 Å². The van der Waals surface area contributed by atoms with Gasteiger partial charge >= 0.3 is 6.18 Å². The van der Waals surface area contributed by atoms with Crippen LogP contribution in [0.25, 0.3) is 6.08 Å². The molecule has 0 atom stereocenters. The fraction of sp³-hybridized carbons (Fsp3) is 0.111. The van der Waals surface area contributed by atoms with Crippen molar-refractivity contribution in [3.63, 3.8) is 0 Å². The van der Waals surface area contributed by atoms with Gasteiger partial charge in [0.05, 0.1) is 5.57 Å². The fourth-order valence-electron chi connectivity index (χ4n) is 1.76. The van der Waals surface area contributed by atoms with E-state index in [1.165, 1.54) is 6.08 Å². The summed E-state index contributed by atoms with van der Waals surface area (Å²) in [4.78, 5) is 0.782. The number of benzene rings is 2. The van der Waals surface area contributed by atoms with E-state index in [2.05, 4.69) is 6.58 Å². The molecular weight excluding hydrogens is 341 g/mol. The predicted octanol–water partition coefficient (Wildman–Crippen LogP) is 6.90. The van der Waals surface area contributed by atoms with Crippen molar-refractivity contribution in [1.29, 1.82) is 0 Å². The van der Waals surface area contributed by atoms with E-state index in [4.69, 9.17) is 11.6 Å². The molecule has 0 aliphatic rings. The Morgan fingerprint density at radius 2 is 1.61 bits per heavy atom. The summed E-state index contributed by atoms with van der Waals surface area (Å²) in [5.74, 6) is 0. The topological polar surface area (TPSA) is 0 Å². The number of hydrogen-bond acceptors (Lipinski definition) is 1. The molecule has 0 aromatic heterocycles. The van der Waals surface area contributed by atoms with E-state index >= 15 is 0 Å².